The molecule has 2 fully saturated rings. The Morgan fingerprint density at radius 3 is 1.40 bits per heavy atom. The van der Waals surface area contributed by atoms with Gasteiger partial charge in [-0.25, -0.2) is 0 Å². The summed E-state index contributed by atoms with van der Waals surface area (Å²) in [5.41, 5.74) is 3.98. The Hall–Kier alpha value is -1.01. The number of hydrogen-bond donors (Lipinski definition) is 4. The van der Waals surface area contributed by atoms with E-state index in [1.54, 1.807) is 0 Å². The lowest BCUT2D eigenvalue weighted by molar-refractivity contribution is 0.266. The van der Waals surface area contributed by atoms with E-state index in [9.17, 15) is 0 Å². The molecule has 0 spiro atoms. The number of unbranched alkanes of at least 4 members (excludes halogenated alkanes) is 11. The van der Waals surface area contributed by atoms with Gasteiger partial charge in [0.25, 0.3) is 0 Å². The van der Waals surface area contributed by atoms with Crippen molar-refractivity contribution in [1.82, 2.24) is 26.3 Å². The summed E-state index contributed by atoms with van der Waals surface area (Å²) in [6.07, 6.45) is 28.7. The van der Waals surface area contributed by atoms with Crippen LogP contribution in [0.4, 0.5) is 0 Å². The molecule has 0 radical (unpaired) electrons. The molecule has 2 saturated carbocycles. The lowest BCUT2D eigenvalue weighted by Gasteiger charge is -2.34. The van der Waals surface area contributed by atoms with Crippen LogP contribution in [0.15, 0.2) is 12.1 Å². The van der Waals surface area contributed by atoms with E-state index in [4.69, 9.17) is 4.98 Å². The van der Waals surface area contributed by atoms with Gasteiger partial charge in [-0.2, -0.15) is 0 Å². The summed E-state index contributed by atoms with van der Waals surface area (Å²) >= 11 is 0. The van der Waals surface area contributed by atoms with Crippen LogP contribution >= 0.6 is 0 Å². The fourth-order valence-electron chi connectivity index (χ4n) is 7.44. The van der Waals surface area contributed by atoms with Crippen molar-refractivity contribution in [2.45, 2.75) is 179 Å². The van der Waals surface area contributed by atoms with Crippen LogP contribution < -0.4 is 21.3 Å². The van der Waals surface area contributed by atoms with Gasteiger partial charge in [0.1, 0.15) is 0 Å². The van der Waals surface area contributed by atoms with Crippen molar-refractivity contribution in [2.75, 3.05) is 13.1 Å². The Morgan fingerprint density at radius 1 is 0.550 bits per heavy atom. The first-order chi connectivity index (χ1) is 19.8. The van der Waals surface area contributed by atoms with Gasteiger partial charge in [0, 0.05) is 50.3 Å². The second-order valence-electron chi connectivity index (χ2n) is 13.3. The molecule has 0 amide bonds. The monoisotopic (exact) mass is 554 g/mol. The number of rotatable bonds is 13. The van der Waals surface area contributed by atoms with Crippen molar-refractivity contribution in [3.63, 3.8) is 0 Å². The molecule has 5 heteroatoms. The zero-order valence-electron chi connectivity index (χ0n) is 26.1. The highest BCUT2D eigenvalue weighted by molar-refractivity contribution is 5.22. The van der Waals surface area contributed by atoms with Gasteiger partial charge in [0.15, 0.2) is 0 Å². The van der Waals surface area contributed by atoms with Crippen LogP contribution in [0, 0.1) is 0 Å². The van der Waals surface area contributed by atoms with E-state index < -0.39 is 0 Å². The van der Waals surface area contributed by atoms with E-state index in [0.717, 1.165) is 26.2 Å². The van der Waals surface area contributed by atoms with Gasteiger partial charge in [-0.3, -0.25) is 4.98 Å². The highest BCUT2D eigenvalue weighted by atomic mass is 15.1. The Bertz CT molecular complexity index is 750. The van der Waals surface area contributed by atoms with Crippen molar-refractivity contribution in [3.05, 3.63) is 29.1 Å². The summed E-state index contributed by atoms with van der Waals surface area (Å²) in [4.78, 5) is 5.16. The molecule has 2 bridgehead atoms. The molecular weight excluding hydrogens is 490 g/mol. The minimum absolute atomic E-state index is 0.560. The highest BCUT2D eigenvalue weighted by Gasteiger charge is 2.26. The molecule has 0 saturated heterocycles. The number of hydrogen-bond acceptors (Lipinski definition) is 5. The van der Waals surface area contributed by atoms with Gasteiger partial charge in [0.2, 0.25) is 0 Å². The Kier molecular flexibility index (Phi) is 15.3. The second kappa shape index (κ2) is 19.2. The molecule has 3 aliphatic rings. The molecule has 5 nitrogen and oxygen atoms in total. The van der Waals surface area contributed by atoms with E-state index in [-0.39, 0.29) is 0 Å². The first kappa shape index (κ1) is 31.9. The third-order valence-electron chi connectivity index (χ3n) is 9.87. The zero-order chi connectivity index (χ0) is 27.7. The van der Waals surface area contributed by atoms with Gasteiger partial charge in [-0.15, -0.1) is 0 Å². The van der Waals surface area contributed by atoms with Crippen molar-refractivity contribution in [1.29, 1.82) is 0 Å². The number of pyridine rings is 1. The quantitative estimate of drug-likeness (QED) is 0.193. The predicted molar refractivity (Wildman–Crippen MR) is 171 cm³/mol. The van der Waals surface area contributed by atoms with Crippen molar-refractivity contribution in [2.24, 2.45) is 0 Å². The lowest BCUT2D eigenvalue weighted by atomic mass is 9.89. The number of aryl methyl sites for hydroxylation is 1. The maximum absolute atomic E-state index is 5.16. The fourth-order valence-corrected chi connectivity index (χ4v) is 7.44. The van der Waals surface area contributed by atoms with Gasteiger partial charge in [0.05, 0.1) is 11.4 Å². The maximum Gasteiger partial charge on any atom is 0.0548 e. The van der Waals surface area contributed by atoms with Gasteiger partial charge in [-0.05, 0) is 56.2 Å². The first-order valence-corrected chi connectivity index (χ1v) is 17.7. The van der Waals surface area contributed by atoms with Crippen LogP contribution in [-0.4, -0.2) is 42.2 Å². The van der Waals surface area contributed by atoms with E-state index >= 15 is 0 Å². The number of fused-ring (bicyclic) bond motifs is 4. The summed E-state index contributed by atoms with van der Waals surface area (Å²) in [5.74, 6) is 0. The normalized spacial score (nSPS) is 26.3. The molecule has 4 rings (SSSR count). The van der Waals surface area contributed by atoms with E-state index in [1.165, 1.54) is 152 Å². The van der Waals surface area contributed by atoms with Crippen LogP contribution in [0.5, 0.6) is 0 Å². The van der Waals surface area contributed by atoms with Crippen LogP contribution in [0.3, 0.4) is 0 Å². The molecule has 228 valence electrons. The summed E-state index contributed by atoms with van der Waals surface area (Å²) in [6.45, 7) is 6.24. The molecule has 1 aliphatic heterocycles. The Morgan fingerprint density at radius 2 is 0.950 bits per heavy atom. The Balaban J connectivity index is 1.27. The molecule has 0 aromatic carbocycles. The maximum atomic E-state index is 5.16. The average molecular weight is 554 g/mol. The zero-order valence-corrected chi connectivity index (χ0v) is 26.1. The SMILES string of the molecule is CCCCCCCCCCCCCCc1cc2nc(c1)CN[C@@H]1CCCC[C@H]1NCCNC1CCCC[C@@H]1NC2. The summed E-state index contributed by atoms with van der Waals surface area (Å²) in [6, 6.07) is 7.11. The summed E-state index contributed by atoms with van der Waals surface area (Å²) in [5, 5.41) is 15.7. The topological polar surface area (TPSA) is 61.0 Å². The molecule has 1 aromatic heterocycles. The molecule has 4 atom stereocenters. The highest BCUT2D eigenvalue weighted by Crippen LogP contribution is 2.22. The van der Waals surface area contributed by atoms with Gasteiger partial charge < -0.3 is 21.3 Å². The molecular formula is C35H63N5. The molecule has 4 N–H and O–H groups in total. The average Bonchev–Trinajstić information content (AvgIpc) is 2.98. The summed E-state index contributed by atoms with van der Waals surface area (Å²) < 4.78 is 0. The van der Waals surface area contributed by atoms with Crippen LogP contribution in [0.2, 0.25) is 0 Å². The van der Waals surface area contributed by atoms with E-state index in [0.29, 0.717) is 24.2 Å². The molecule has 40 heavy (non-hydrogen) atoms. The molecule has 1 unspecified atom stereocenters. The lowest BCUT2D eigenvalue weighted by Crippen LogP contribution is -2.53. The van der Waals surface area contributed by atoms with Gasteiger partial charge in [-0.1, -0.05) is 103 Å². The van der Waals surface area contributed by atoms with Crippen molar-refractivity contribution < 1.29 is 0 Å². The third-order valence-corrected chi connectivity index (χ3v) is 9.87. The minimum atomic E-state index is 0.560. The minimum Gasteiger partial charge on any atom is -0.311 e. The summed E-state index contributed by atoms with van der Waals surface area (Å²) in [7, 11) is 0. The smallest absolute Gasteiger partial charge is 0.0548 e. The number of aromatic nitrogens is 1. The van der Waals surface area contributed by atoms with Crippen LogP contribution in [-0.2, 0) is 19.5 Å². The standard InChI is InChI=1S/C35H63N5/c1-2-3-4-5-6-7-8-9-10-11-12-13-18-29-25-30-27-38-34-21-16-14-19-32(34)36-23-24-37-33-20-15-17-22-35(33)39-28-31(26-29)40-30/h25-26,32-39H,2-24,27-28H2,1H3/t32-,33?,34-,35+/m1/s1. The van der Waals surface area contributed by atoms with Crippen LogP contribution in [0.1, 0.15) is 152 Å². The largest absolute Gasteiger partial charge is 0.311 e. The molecule has 2 aliphatic carbocycles. The Labute approximate surface area is 247 Å². The van der Waals surface area contributed by atoms with Gasteiger partial charge >= 0.3 is 0 Å². The van der Waals surface area contributed by atoms with E-state index in [2.05, 4.69) is 40.3 Å². The van der Waals surface area contributed by atoms with Crippen molar-refractivity contribution >= 4 is 0 Å². The molecule has 2 heterocycles. The van der Waals surface area contributed by atoms with E-state index in [1.807, 2.05) is 0 Å². The van der Waals surface area contributed by atoms with Crippen molar-refractivity contribution in [3.8, 4) is 0 Å². The second-order valence-corrected chi connectivity index (χ2v) is 13.3. The fraction of sp³-hybridized carbons (Fsp3) is 0.857. The third kappa shape index (κ3) is 11.7. The predicted octanol–water partition coefficient (Wildman–Crippen LogP) is 7.32. The molecule has 1 aromatic rings. The number of nitrogens with zero attached hydrogens (tertiary/aromatic N) is 1. The first-order valence-electron chi connectivity index (χ1n) is 17.7. The van der Waals surface area contributed by atoms with Crippen LogP contribution in [0.25, 0.3) is 0 Å². The number of nitrogens with one attached hydrogen (secondary N) is 4.